The van der Waals surface area contributed by atoms with E-state index in [0.717, 1.165) is 30.0 Å². The maximum Gasteiger partial charge on any atom is 0.272 e. The summed E-state index contributed by atoms with van der Waals surface area (Å²) in [7, 11) is 1.87. The second-order valence-corrected chi connectivity index (χ2v) is 7.93. The average Bonchev–Trinajstić information content (AvgIpc) is 3.42. The summed E-state index contributed by atoms with van der Waals surface area (Å²) >= 11 is 0. The third-order valence-corrected chi connectivity index (χ3v) is 6.25. The van der Waals surface area contributed by atoms with Crippen molar-refractivity contribution in [1.29, 1.82) is 0 Å². The number of imidazole rings is 1. The maximum absolute atomic E-state index is 13.9. The Morgan fingerprint density at radius 2 is 1.97 bits per heavy atom. The summed E-state index contributed by atoms with van der Waals surface area (Å²) < 4.78 is 15.8. The van der Waals surface area contributed by atoms with Gasteiger partial charge in [0, 0.05) is 38.2 Å². The molecule has 0 aliphatic carbocycles. The molecule has 5 nitrogen and oxygen atoms in total. The fourth-order valence-corrected chi connectivity index (χ4v) is 4.86. The molecule has 2 aliphatic heterocycles. The highest BCUT2D eigenvalue weighted by Crippen LogP contribution is 2.43. The number of nitrogens with zero attached hydrogens (tertiary/aromatic N) is 3. The van der Waals surface area contributed by atoms with Crippen molar-refractivity contribution in [2.45, 2.75) is 6.04 Å². The van der Waals surface area contributed by atoms with E-state index in [1.165, 1.54) is 6.07 Å². The van der Waals surface area contributed by atoms with Crippen LogP contribution in [0.1, 0.15) is 22.1 Å². The molecule has 0 saturated carbocycles. The quantitative estimate of drug-likeness (QED) is 0.747. The van der Waals surface area contributed by atoms with Gasteiger partial charge in [-0.15, -0.1) is 0 Å². The average molecular weight is 390 g/mol. The van der Waals surface area contributed by atoms with Gasteiger partial charge in [-0.3, -0.25) is 4.79 Å². The van der Waals surface area contributed by atoms with Crippen LogP contribution in [-0.2, 0) is 7.05 Å². The molecule has 0 unspecified atom stereocenters. The number of carbonyl (C=O) groups excluding carboxylic acids is 1. The number of fused-ring (bicyclic) bond motifs is 1. The lowest BCUT2D eigenvalue weighted by Gasteiger charge is -2.28. The highest BCUT2D eigenvalue weighted by molar-refractivity contribution is 5.93. The van der Waals surface area contributed by atoms with Crippen LogP contribution in [-0.4, -0.2) is 40.0 Å². The molecule has 3 heterocycles. The molecule has 2 fully saturated rings. The molecule has 3 atom stereocenters. The van der Waals surface area contributed by atoms with Gasteiger partial charge in [-0.2, -0.15) is 0 Å². The Hall–Kier alpha value is -2.99. The zero-order valence-corrected chi connectivity index (χ0v) is 16.3. The summed E-state index contributed by atoms with van der Waals surface area (Å²) in [6.45, 7) is 2.40. The van der Waals surface area contributed by atoms with Crippen LogP contribution in [0.5, 0.6) is 0 Å². The summed E-state index contributed by atoms with van der Waals surface area (Å²) in [5.41, 5.74) is 2.39. The molecule has 2 saturated heterocycles. The van der Waals surface area contributed by atoms with Gasteiger partial charge in [0.15, 0.2) is 0 Å². The van der Waals surface area contributed by atoms with E-state index in [1.807, 2.05) is 52.9 Å². The molecule has 0 spiro atoms. The first kappa shape index (κ1) is 18.1. The Labute approximate surface area is 169 Å². The minimum atomic E-state index is -0.267. The Bertz CT molecular complexity index is 1050. The van der Waals surface area contributed by atoms with E-state index in [1.54, 1.807) is 18.3 Å². The standard InChI is InChI=1S/C23H23FN4O/c1-27-20(13-26-22(27)15-6-3-2-4-7-15)23(29)28-14-17-11-25-12-19(17)21(28)16-8-5-9-18(24)10-16/h2-10,13,17,19,21,25H,11-12,14H2,1H3/t17-,19-,21-/m0/s1. The second kappa shape index (κ2) is 7.12. The van der Waals surface area contributed by atoms with Gasteiger partial charge in [-0.1, -0.05) is 42.5 Å². The van der Waals surface area contributed by atoms with Gasteiger partial charge in [0.1, 0.15) is 17.3 Å². The third kappa shape index (κ3) is 3.04. The van der Waals surface area contributed by atoms with Crippen molar-refractivity contribution >= 4 is 5.91 Å². The van der Waals surface area contributed by atoms with Crippen LogP contribution in [0, 0.1) is 17.7 Å². The van der Waals surface area contributed by atoms with E-state index in [4.69, 9.17) is 0 Å². The van der Waals surface area contributed by atoms with Crippen LogP contribution in [0.3, 0.4) is 0 Å². The summed E-state index contributed by atoms with van der Waals surface area (Å²) in [5, 5.41) is 3.43. The molecule has 5 rings (SSSR count). The summed E-state index contributed by atoms with van der Waals surface area (Å²) in [6, 6.07) is 16.4. The van der Waals surface area contributed by atoms with Crippen molar-refractivity contribution in [1.82, 2.24) is 19.8 Å². The van der Waals surface area contributed by atoms with E-state index in [-0.39, 0.29) is 17.8 Å². The van der Waals surface area contributed by atoms with E-state index in [0.29, 0.717) is 24.1 Å². The first-order chi connectivity index (χ1) is 14.1. The lowest BCUT2D eigenvalue weighted by molar-refractivity contribution is 0.0704. The molecule has 29 heavy (non-hydrogen) atoms. The number of halogens is 1. The van der Waals surface area contributed by atoms with Crippen LogP contribution in [0.2, 0.25) is 0 Å². The molecule has 6 heteroatoms. The number of hydrogen-bond donors (Lipinski definition) is 1. The van der Waals surface area contributed by atoms with Gasteiger partial charge in [0.25, 0.3) is 5.91 Å². The van der Waals surface area contributed by atoms with Gasteiger partial charge < -0.3 is 14.8 Å². The normalized spacial score (nSPS) is 23.4. The maximum atomic E-state index is 13.9. The number of rotatable bonds is 3. The fraction of sp³-hybridized carbons (Fsp3) is 0.304. The van der Waals surface area contributed by atoms with Gasteiger partial charge >= 0.3 is 0 Å². The number of nitrogens with one attached hydrogen (secondary N) is 1. The lowest BCUT2D eigenvalue weighted by atomic mass is 9.89. The first-order valence-corrected chi connectivity index (χ1v) is 9.98. The molecule has 148 valence electrons. The van der Waals surface area contributed by atoms with Crippen molar-refractivity contribution in [3.63, 3.8) is 0 Å². The number of aromatic nitrogens is 2. The predicted octanol–water partition coefficient (Wildman–Crippen LogP) is 3.26. The van der Waals surface area contributed by atoms with Crippen molar-refractivity contribution in [3.05, 3.63) is 77.9 Å². The molecule has 0 radical (unpaired) electrons. The topological polar surface area (TPSA) is 50.2 Å². The molecule has 2 aromatic carbocycles. The van der Waals surface area contributed by atoms with Crippen molar-refractivity contribution in [2.24, 2.45) is 18.9 Å². The SMILES string of the molecule is Cn1c(C(=O)N2C[C@@H]3CNC[C@@H]3[C@@H]2c2cccc(F)c2)cnc1-c1ccccc1. The minimum Gasteiger partial charge on any atom is -0.330 e. The molecule has 3 aromatic rings. The largest absolute Gasteiger partial charge is 0.330 e. The summed E-state index contributed by atoms with van der Waals surface area (Å²) in [6.07, 6.45) is 1.65. The van der Waals surface area contributed by atoms with Crippen LogP contribution >= 0.6 is 0 Å². The highest BCUT2D eigenvalue weighted by Gasteiger charge is 2.47. The second-order valence-electron chi connectivity index (χ2n) is 7.93. The Balaban J connectivity index is 1.51. The van der Waals surface area contributed by atoms with Gasteiger partial charge in [-0.05, 0) is 23.6 Å². The smallest absolute Gasteiger partial charge is 0.272 e. The van der Waals surface area contributed by atoms with Crippen molar-refractivity contribution in [2.75, 3.05) is 19.6 Å². The van der Waals surface area contributed by atoms with Crippen LogP contribution < -0.4 is 5.32 Å². The van der Waals surface area contributed by atoms with Crippen molar-refractivity contribution < 1.29 is 9.18 Å². The zero-order valence-electron chi connectivity index (χ0n) is 16.3. The van der Waals surface area contributed by atoms with E-state index < -0.39 is 0 Å². The third-order valence-electron chi connectivity index (χ3n) is 6.25. The van der Waals surface area contributed by atoms with E-state index >= 15 is 0 Å². The van der Waals surface area contributed by atoms with Crippen LogP contribution in [0.25, 0.3) is 11.4 Å². The van der Waals surface area contributed by atoms with Gasteiger partial charge in [0.05, 0.1) is 12.2 Å². The monoisotopic (exact) mass is 390 g/mol. The summed E-state index contributed by atoms with van der Waals surface area (Å²) in [5.74, 6) is 1.12. The zero-order chi connectivity index (χ0) is 20.0. The molecule has 1 aromatic heterocycles. The molecular formula is C23H23FN4O. The number of likely N-dealkylation sites (tertiary alicyclic amines) is 1. The Morgan fingerprint density at radius 3 is 2.76 bits per heavy atom. The van der Waals surface area contributed by atoms with Crippen molar-refractivity contribution in [3.8, 4) is 11.4 Å². The number of hydrogen-bond acceptors (Lipinski definition) is 3. The van der Waals surface area contributed by atoms with E-state index in [9.17, 15) is 9.18 Å². The number of amides is 1. The Morgan fingerprint density at radius 1 is 1.14 bits per heavy atom. The molecule has 1 amide bonds. The predicted molar refractivity (Wildman–Crippen MR) is 109 cm³/mol. The molecule has 1 N–H and O–H groups in total. The van der Waals surface area contributed by atoms with Crippen LogP contribution in [0.15, 0.2) is 60.8 Å². The highest BCUT2D eigenvalue weighted by atomic mass is 19.1. The first-order valence-electron chi connectivity index (χ1n) is 9.98. The fourth-order valence-electron chi connectivity index (χ4n) is 4.86. The molecule has 2 aliphatic rings. The number of carbonyl (C=O) groups is 1. The summed E-state index contributed by atoms with van der Waals surface area (Å²) in [4.78, 5) is 20.0. The minimum absolute atomic E-state index is 0.0501. The molecule has 0 bridgehead atoms. The Kier molecular flexibility index (Phi) is 4.43. The lowest BCUT2D eigenvalue weighted by Crippen LogP contribution is -2.35. The van der Waals surface area contributed by atoms with Crippen LogP contribution in [0.4, 0.5) is 4.39 Å². The van der Waals surface area contributed by atoms with Gasteiger partial charge in [-0.25, -0.2) is 9.37 Å². The number of benzene rings is 2. The van der Waals surface area contributed by atoms with E-state index in [2.05, 4.69) is 10.3 Å². The molecular weight excluding hydrogens is 367 g/mol. The van der Waals surface area contributed by atoms with Gasteiger partial charge in [0.2, 0.25) is 0 Å².